The van der Waals surface area contributed by atoms with Crippen LogP contribution in [-0.2, 0) is 19.3 Å². The van der Waals surface area contributed by atoms with Gasteiger partial charge in [-0.25, -0.2) is 0 Å². The van der Waals surface area contributed by atoms with Gasteiger partial charge in [0.25, 0.3) is 0 Å². The molecular formula is C15H22. The molecule has 0 amide bonds. The Labute approximate surface area is 94.0 Å². The summed E-state index contributed by atoms with van der Waals surface area (Å²) in [4.78, 5) is 0. The number of allylic oxidation sites excluding steroid dienone is 1. The van der Waals surface area contributed by atoms with Crippen molar-refractivity contribution < 1.29 is 0 Å². The topological polar surface area (TPSA) is 0 Å². The zero-order valence-corrected chi connectivity index (χ0v) is 10.2. The third-order valence-corrected chi connectivity index (χ3v) is 3.00. The Bertz CT molecular complexity index is 323. The summed E-state index contributed by atoms with van der Waals surface area (Å²) in [6.07, 6.45) is 5.42. The minimum absolute atomic E-state index is 0.572. The van der Waals surface area contributed by atoms with Crippen molar-refractivity contribution in [2.75, 3.05) is 0 Å². The number of benzene rings is 1. The first kappa shape index (κ1) is 12.0. The van der Waals surface area contributed by atoms with Crippen LogP contribution in [-0.4, -0.2) is 0 Å². The lowest BCUT2D eigenvalue weighted by Crippen LogP contribution is -2.00. The second kappa shape index (κ2) is 5.75. The van der Waals surface area contributed by atoms with Crippen LogP contribution in [0.5, 0.6) is 0 Å². The van der Waals surface area contributed by atoms with Crippen LogP contribution in [0.1, 0.15) is 37.5 Å². The van der Waals surface area contributed by atoms with E-state index < -0.39 is 0 Å². The zero-order chi connectivity index (χ0) is 11.3. The molecule has 0 heterocycles. The molecule has 82 valence electrons. The van der Waals surface area contributed by atoms with E-state index in [0.29, 0.717) is 5.92 Å². The minimum Gasteiger partial charge on any atom is -0.103 e. The summed E-state index contributed by atoms with van der Waals surface area (Å²) in [5.41, 5.74) is 4.43. The second-order valence-corrected chi connectivity index (χ2v) is 4.23. The van der Waals surface area contributed by atoms with Crippen LogP contribution < -0.4 is 0 Å². The van der Waals surface area contributed by atoms with E-state index in [-0.39, 0.29) is 0 Å². The Morgan fingerprint density at radius 1 is 1.20 bits per heavy atom. The van der Waals surface area contributed by atoms with Gasteiger partial charge < -0.3 is 0 Å². The number of hydrogen-bond donors (Lipinski definition) is 0. The Hall–Kier alpha value is -1.04. The summed E-state index contributed by atoms with van der Waals surface area (Å²) in [5.74, 6) is 0.572. The van der Waals surface area contributed by atoms with E-state index in [0.717, 1.165) is 19.3 Å². The van der Waals surface area contributed by atoms with Crippen molar-refractivity contribution in [1.82, 2.24) is 0 Å². The van der Waals surface area contributed by atoms with E-state index in [4.69, 9.17) is 0 Å². The average molecular weight is 202 g/mol. The summed E-state index contributed by atoms with van der Waals surface area (Å²) in [7, 11) is 0. The fourth-order valence-electron chi connectivity index (χ4n) is 1.86. The number of rotatable bonds is 5. The molecule has 0 bridgehead atoms. The monoisotopic (exact) mass is 202 g/mol. The van der Waals surface area contributed by atoms with E-state index in [9.17, 15) is 0 Å². The van der Waals surface area contributed by atoms with Gasteiger partial charge in [0.15, 0.2) is 0 Å². The van der Waals surface area contributed by atoms with E-state index in [1.165, 1.54) is 16.7 Å². The molecule has 1 aromatic carbocycles. The highest BCUT2D eigenvalue weighted by molar-refractivity contribution is 5.32. The first-order valence-electron chi connectivity index (χ1n) is 5.94. The first-order valence-corrected chi connectivity index (χ1v) is 5.94. The highest BCUT2D eigenvalue weighted by Gasteiger charge is 2.05. The molecule has 0 heteroatoms. The largest absolute Gasteiger partial charge is 0.103 e. The molecule has 0 fully saturated rings. The molecule has 1 rings (SSSR count). The quantitative estimate of drug-likeness (QED) is 0.628. The summed E-state index contributed by atoms with van der Waals surface area (Å²) in [5, 5.41) is 0. The van der Waals surface area contributed by atoms with Crippen LogP contribution in [0.2, 0.25) is 0 Å². The van der Waals surface area contributed by atoms with Crippen molar-refractivity contribution in [1.29, 1.82) is 0 Å². The Kier molecular flexibility index (Phi) is 4.61. The lowest BCUT2D eigenvalue weighted by Gasteiger charge is -2.12. The van der Waals surface area contributed by atoms with Gasteiger partial charge in [-0.05, 0) is 41.9 Å². The first-order chi connectivity index (χ1) is 7.21. The van der Waals surface area contributed by atoms with Crippen molar-refractivity contribution in [2.24, 2.45) is 5.92 Å². The predicted molar refractivity (Wildman–Crippen MR) is 68.3 cm³/mol. The van der Waals surface area contributed by atoms with Gasteiger partial charge in [0.2, 0.25) is 0 Å². The van der Waals surface area contributed by atoms with Crippen LogP contribution in [0.25, 0.3) is 0 Å². The molecule has 1 atom stereocenters. The Balaban J connectivity index is 2.95. The highest BCUT2D eigenvalue weighted by Crippen LogP contribution is 2.18. The van der Waals surface area contributed by atoms with Crippen LogP contribution in [0.15, 0.2) is 30.9 Å². The maximum Gasteiger partial charge on any atom is -0.0216 e. The van der Waals surface area contributed by atoms with Gasteiger partial charge in [0.05, 0.1) is 0 Å². The van der Waals surface area contributed by atoms with Gasteiger partial charge in [0.1, 0.15) is 0 Å². The molecule has 0 aromatic heterocycles. The zero-order valence-electron chi connectivity index (χ0n) is 10.2. The lowest BCUT2D eigenvalue weighted by atomic mass is 9.93. The van der Waals surface area contributed by atoms with Gasteiger partial charge in [-0.1, -0.05) is 45.0 Å². The third kappa shape index (κ3) is 3.23. The van der Waals surface area contributed by atoms with Crippen LogP contribution in [0.3, 0.4) is 0 Å². The number of aryl methyl sites for hydroxylation is 2. The maximum absolute atomic E-state index is 3.85. The van der Waals surface area contributed by atoms with Crippen molar-refractivity contribution in [3.05, 3.63) is 47.5 Å². The van der Waals surface area contributed by atoms with Crippen molar-refractivity contribution in [3.63, 3.8) is 0 Å². The molecule has 0 spiro atoms. The summed E-state index contributed by atoms with van der Waals surface area (Å²) in [6, 6.07) is 6.89. The molecule has 1 unspecified atom stereocenters. The molecule has 0 nitrogen and oxygen atoms in total. The SMILES string of the molecule is C=CC(C)Cc1cc(CC)ccc1CC. The standard InChI is InChI=1S/C15H22/c1-5-12(4)10-15-11-13(6-2)8-9-14(15)7-3/h5,8-9,11-12H,1,6-7,10H2,2-4H3. The molecule has 0 radical (unpaired) electrons. The van der Waals surface area contributed by atoms with E-state index in [1.54, 1.807) is 0 Å². The van der Waals surface area contributed by atoms with Gasteiger partial charge in [0, 0.05) is 0 Å². The number of hydrogen-bond acceptors (Lipinski definition) is 0. The molecule has 0 aliphatic heterocycles. The van der Waals surface area contributed by atoms with Crippen molar-refractivity contribution >= 4 is 0 Å². The lowest BCUT2D eigenvalue weighted by molar-refractivity contribution is 0.718. The summed E-state index contributed by atoms with van der Waals surface area (Å²) in [6.45, 7) is 10.5. The van der Waals surface area contributed by atoms with Gasteiger partial charge in [-0.3, -0.25) is 0 Å². The third-order valence-electron chi connectivity index (χ3n) is 3.00. The molecular weight excluding hydrogens is 180 g/mol. The minimum atomic E-state index is 0.572. The predicted octanol–water partition coefficient (Wildman–Crippen LogP) is 4.18. The molecule has 15 heavy (non-hydrogen) atoms. The summed E-state index contributed by atoms with van der Waals surface area (Å²) < 4.78 is 0. The maximum atomic E-state index is 3.85. The molecule has 0 aliphatic carbocycles. The molecule has 1 aromatic rings. The van der Waals surface area contributed by atoms with E-state index in [2.05, 4.69) is 45.5 Å². The van der Waals surface area contributed by atoms with Crippen LogP contribution in [0, 0.1) is 5.92 Å². The Morgan fingerprint density at radius 3 is 2.47 bits per heavy atom. The van der Waals surface area contributed by atoms with E-state index in [1.807, 2.05) is 6.08 Å². The summed E-state index contributed by atoms with van der Waals surface area (Å²) >= 11 is 0. The van der Waals surface area contributed by atoms with Crippen molar-refractivity contribution in [2.45, 2.75) is 40.0 Å². The molecule has 0 saturated carbocycles. The highest BCUT2D eigenvalue weighted by atomic mass is 14.1. The van der Waals surface area contributed by atoms with Gasteiger partial charge in [-0.15, -0.1) is 6.58 Å². The fraction of sp³-hybridized carbons (Fsp3) is 0.467. The van der Waals surface area contributed by atoms with Crippen molar-refractivity contribution in [3.8, 4) is 0 Å². The van der Waals surface area contributed by atoms with Gasteiger partial charge >= 0.3 is 0 Å². The smallest absolute Gasteiger partial charge is 0.0216 e. The molecule has 0 aliphatic rings. The molecule has 0 N–H and O–H groups in total. The fourth-order valence-corrected chi connectivity index (χ4v) is 1.86. The van der Waals surface area contributed by atoms with Crippen LogP contribution >= 0.6 is 0 Å². The van der Waals surface area contributed by atoms with Gasteiger partial charge in [-0.2, -0.15) is 0 Å². The molecule has 0 saturated heterocycles. The Morgan fingerprint density at radius 2 is 1.93 bits per heavy atom. The normalized spacial score (nSPS) is 12.5. The van der Waals surface area contributed by atoms with Crippen LogP contribution in [0.4, 0.5) is 0 Å². The van der Waals surface area contributed by atoms with E-state index >= 15 is 0 Å². The second-order valence-electron chi connectivity index (χ2n) is 4.23. The average Bonchev–Trinajstić information content (AvgIpc) is 2.28.